The van der Waals surface area contributed by atoms with Gasteiger partial charge in [0, 0.05) is 5.33 Å². The minimum absolute atomic E-state index is 0.410. The molecule has 3 unspecified atom stereocenters. The molecular formula is C15H19BrO2. The molecular weight excluding hydrogens is 292 g/mol. The van der Waals surface area contributed by atoms with E-state index >= 15 is 0 Å². The van der Waals surface area contributed by atoms with Gasteiger partial charge in [-0.15, -0.1) is 0 Å². The van der Waals surface area contributed by atoms with Crippen LogP contribution < -0.4 is 9.47 Å². The van der Waals surface area contributed by atoms with Crippen LogP contribution in [0.4, 0.5) is 0 Å². The van der Waals surface area contributed by atoms with Crippen LogP contribution in [0.5, 0.6) is 11.5 Å². The Morgan fingerprint density at radius 3 is 2.72 bits per heavy atom. The number of hydrogen-bond acceptors (Lipinski definition) is 2. The lowest BCUT2D eigenvalue weighted by Gasteiger charge is -2.24. The molecule has 0 N–H and O–H groups in total. The van der Waals surface area contributed by atoms with Crippen molar-refractivity contribution in [2.24, 2.45) is 11.8 Å². The highest BCUT2D eigenvalue weighted by molar-refractivity contribution is 9.08. The molecule has 3 rings (SSSR count). The smallest absolute Gasteiger partial charge is 0.161 e. The fourth-order valence-corrected chi connectivity index (χ4v) is 3.74. The summed E-state index contributed by atoms with van der Waals surface area (Å²) in [7, 11) is 1.71. The molecule has 3 atom stereocenters. The lowest BCUT2D eigenvalue weighted by Crippen LogP contribution is -2.23. The average Bonchev–Trinajstić information content (AvgIpc) is 3.01. The van der Waals surface area contributed by atoms with Crippen molar-refractivity contribution in [2.45, 2.75) is 37.1 Å². The second-order valence-corrected chi connectivity index (χ2v) is 6.01. The number of ether oxygens (including phenoxy) is 2. The Bertz CT molecular complexity index is 433. The first-order chi connectivity index (χ1) is 8.80. The fraction of sp³-hybridized carbons (Fsp3) is 0.600. The second kappa shape index (κ2) is 5.12. The topological polar surface area (TPSA) is 18.5 Å². The van der Waals surface area contributed by atoms with Crippen LogP contribution in [0.15, 0.2) is 18.2 Å². The van der Waals surface area contributed by atoms with Crippen molar-refractivity contribution >= 4 is 15.9 Å². The molecule has 2 aliphatic rings. The summed E-state index contributed by atoms with van der Waals surface area (Å²) < 4.78 is 11.6. The van der Waals surface area contributed by atoms with Crippen molar-refractivity contribution in [3.63, 3.8) is 0 Å². The predicted molar refractivity (Wildman–Crippen MR) is 75.5 cm³/mol. The minimum atomic E-state index is 0.410. The summed E-state index contributed by atoms with van der Waals surface area (Å²) in [6.45, 7) is 0. The number of benzene rings is 1. The molecule has 98 valence electrons. The Labute approximate surface area is 117 Å². The maximum atomic E-state index is 6.19. The summed E-state index contributed by atoms with van der Waals surface area (Å²) in [5.74, 6) is 3.44. The molecule has 3 heteroatoms. The quantitative estimate of drug-likeness (QED) is 0.778. The Morgan fingerprint density at radius 2 is 2.11 bits per heavy atom. The number of alkyl halides is 1. The van der Waals surface area contributed by atoms with Crippen LogP contribution in [-0.4, -0.2) is 13.2 Å². The van der Waals surface area contributed by atoms with Gasteiger partial charge < -0.3 is 9.47 Å². The van der Waals surface area contributed by atoms with Gasteiger partial charge in [0.25, 0.3) is 0 Å². The van der Waals surface area contributed by atoms with Crippen molar-refractivity contribution in [1.29, 1.82) is 0 Å². The molecule has 18 heavy (non-hydrogen) atoms. The van der Waals surface area contributed by atoms with E-state index in [0.717, 1.165) is 28.7 Å². The Hall–Kier alpha value is -0.700. The van der Waals surface area contributed by atoms with E-state index in [4.69, 9.17) is 9.47 Å². The van der Waals surface area contributed by atoms with Crippen molar-refractivity contribution < 1.29 is 9.47 Å². The van der Waals surface area contributed by atoms with E-state index in [9.17, 15) is 0 Å². The Kier molecular flexibility index (Phi) is 3.51. The summed E-state index contributed by atoms with van der Waals surface area (Å²) in [5, 5.41) is 0.845. The lowest BCUT2D eigenvalue weighted by atomic mass is 9.98. The Balaban J connectivity index is 1.76. The molecule has 2 aliphatic carbocycles. The van der Waals surface area contributed by atoms with Gasteiger partial charge in [0.2, 0.25) is 0 Å². The van der Waals surface area contributed by atoms with Gasteiger partial charge >= 0.3 is 0 Å². The van der Waals surface area contributed by atoms with Crippen LogP contribution in [0.25, 0.3) is 0 Å². The molecule has 0 saturated heterocycles. The normalized spacial score (nSPS) is 29.6. The number of hydrogen-bond donors (Lipinski definition) is 0. The Morgan fingerprint density at radius 1 is 1.22 bits per heavy atom. The first-order valence-electron chi connectivity index (χ1n) is 6.69. The summed E-state index contributed by atoms with van der Waals surface area (Å²) in [5.41, 5.74) is 1.21. The molecule has 1 aromatic carbocycles. The standard InChI is InChI=1S/C15H19BrO2/c1-17-15-8-11(9-16)3-5-13(15)18-14-7-10-2-4-12(14)6-10/h3,5,8,10,12,14H,2,4,6-7,9H2,1H3. The molecule has 2 fully saturated rings. The van der Waals surface area contributed by atoms with Gasteiger partial charge in [0.15, 0.2) is 11.5 Å². The minimum Gasteiger partial charge on any atom is -0.493 e. The molecule has 1 aromatic rings. The number of fused-ring (bicyclic) bond motifs is 2. The highest BCUT2D eigenvalue weighted by Crippen LogP contribution is 2.46. The molecule has 0 spiro atoms. The maximum absolute atomic E-state index is 6.19. The first-order valence-corrected chi connectivity index (χ1v) is 7.82. The molecule has 0 radical (unpaired) electrons. The van der Waals surface area contributed by atoms with Crippen molar-refractivity contribution in [1.82, 2.24) is 0 Å². The maximum Gasteiger partial charge on any atom is 0.161 e. The van der Waals surface area contributed by atoms with Gasteiger partial charge in [0.05, 0.1) is 7.11 Å². The first kappa shape index (κ1) is 12.3. The van der Waals surface area contributed by atoms with Crippen LogP contribution in [0.2, 0.25) is 0 Å². The van der Waals surface area contributed by atoms with E-state index in [1.54, 1.807) is 7.11 Å². The zero-order chi connectivity index (χ0) is 12.5. The van der Waals surface area contributed by atoms with Gasteiger partial charge in [0.1, 0.15) is 6.10 Å². The molecule has 0 amide bonds. The van der Waals surface area contributed by atoms with E-state index < -0.39 is 0 Å². The number of methoxy groups -OCH3 is 1. The summed E-state index contributed by atoms with van der Waals surface area (Å²) in [4.78, 5) is 0. The third-order valence-electron chi connectivity index (χ3n) is 4.33. The van der Waals surface area contributed by atoms with Crippen LogP contribution >= 0.6 is 15.9 Å². The van der Waals surface area contributed by atoms with E-state index in [-0.39, 0.29) is 0 Å². The predicted octanol–water partition coefficient (Wildman–Crippen LogP) is 4.16. The number of rotatable bonds is 4. The third kappa shape index (κ3) is 2.25. The zero-order valence-corrected chi connectivity index (χ0v) is 12.3. The summed E-state index contributed by atoms with van der Waals surface area (Å²) >= 11 is 3.46. The summed E-state index contributed by atoms with van der Waals surface area (Å²) in [6.07, 6.45) is 5.76. The lowest BCUT2D eigenvalue weighted by molar-refractivity contribution is 0.133. The zero-order valence-electron chi connectivity index (χ0n) is 10.7. The van der Waals surface area contributed by atoms with E-state index in [1.165, 1.54) is 31.2 Å². The number of halogens is 1. The van der Waals surface area contributed by atoms with Gasteiger partial charge in [-0.3, -0.25) is 0 Å². The molecule has 2 bridgehead atoms. The van der Waals surface area contributed by atoms with Crippen LogP contribution in [0, 0.1) is 11.8 Å². The van der Waals surface area contributed by atoms with Gasteiger partial charge in [-0.25, -0.2) is 0 Å². The second-order valence-electron chi connectivity index (χ2n) is 5.45. The molecule has 0 aliphatic heterocycles. The molecule has 2 nitrogen and oxygen atoms in total. The van der Waals surface area contributed by atoms with Crippen molar-refractivity contribution in [3.8, 4) is 11.5 Å². The van der Waals surface area contributed by atoms with Crippen molar-refractivity contribution in [2.75, 3.05) is 7.11 Å². The third-order valence-corrected chi connectivity index (χ3v) is 4.98. The fourth-order valence-electron chi connectivity index (χ4n) is 3.39. The van der Waals surface area contributed by atoms with Gasteiger partial charge in [-0.05, 0) is 55.2 Å². The molecule has 0 aromatic heterocycles. The monoisotopic (exact) mass is 310 g/mol. The largest absolute Gasteiger partial charge is 0.493 e. The van der Waals surface area contributed by atoms with E-state index in [1.807, 2.05) is 6.07 Å². The van der Waals surface area contributed by atoms with Crippen LogP contribution in [-0.2, 0) is 5.33 Å². The average molecular weight is 311 g/mol. The molecule has 2 saturated carbocycles. The van der Waals surface area contributed by atoms with Crippen LogP contribution in [0.1, 0.15) is 31.2 Å². The highest BCUT2D eigenvalue weighted by Gasteiger charge is 2.41. The van der Waals surface area contributed by atoms with E-state index in [2.05, 4.69) is 28.1 Å². The highest BCUT2D eigenvalue weighted by atomic mass is 79.9. The summed E-state index contributed by atoms with van der Waals surface area (Å²) in [6, 6.07) is 6.19. The van der Waals surface area contributed by atoms with Gasteiger partial charge in [-0.1, -0.05) is 22.0 Å². The van der Waals surface area contributed by atoms with E-state index in [0.29, 0.717) is 6.10 Å². The van der Waals surface area contributed by atoms with Crippen LogP contribution in [0.3, 0.4) is 0 Å². The molecule has 0 heterocycles. The van der Waals surface area contributed by atoms with Crippen molar-refractivity contribution in [3.05, 3.63) is 23.8 Å². The van der Waals surface area contributed by atoms with Gasteiger partial charge in [-0.2, -0.15) is 0 Å². The SMILES string of the molecule is COc1cc(CBr)ccc1OC1CC2CCC1C2.